The highest BCUT2D eigenvalue weighted by Gasteiger charge is 2.08. The highest BCUT2D eigenvalue weighted by atomic mass is 16.5. The second-order valence-corrected chi connectivity index (χ2v) is 3.84. The molecule has 0 amide bonds. The lowest BCUT2D eigenvalue weighted by Crippen LogP contribution is -1.84. The number of anilines is 1. The Kier molecular flexibility index (Phi) is 1.77. The molecule has 0 saturated carbocycles. The SMILES string of the molecule is Cc1c[nH]c2ccc(-c3cnoc3N)cc12. The molecule has 0 saturated heterocycles. The van der Waals surface area contributed by atoms with E-state index in [1.807, 2.05) is 18.3 Å². The average molecular weight is 213 g/mol. The zero-order valence-electron chi connectivity index (χ0n) is 8.82. The van der Waals surface area contributed by atoms with Gasteiger partial charge in [0.25, 0.3) is 0 Å². The number of nitrogens with zero attached hydrogens (tertiary/aromatic N) is 1. The first kappa shape index (κ1) is 9.03. The summed E-state index contributed by atoms with van der Waals surface area (Å²) in [5, 5.41) is 4.87. The smallest absolute Gasteiger partial charge is 0.229 e. The van der Waals surface area contributed by atoms with E-state index in [0.717, 1.165) is 16.6 Å². The summed E-state index contributed by atoms with van der Waals surface area (Å²) in [6.07, 6.45) is 3.63. The summed E-state index contributed by atoms with van der Waals surface area (Å²) in [5.74, 6) is 0.354. The molecule has 2 aromatic heterocycles. The third kappa shape index (κ3) is 1.20. The molecule has 0 radical (unpaired) electrons. The molecule has 0 aliphatic heterocycles. The number of rotatable bonds is 1. The molecule has 0 fully saturated rings. The van der Waals surface area contributed by atoms with Crippen LogP contribution in [0.5, 0.6) is 0 Å². The predicted molar refractivity (Wildman–Crippen MR) is 62.9 cm³/mol. The third-order valence-corrected chi connectivity index (χ3v) is 2.80. The largest absolute Gasteiger partial charge is 0.367 e. The number of nitrogens with two attached hydrogens (primary N) is 1. The van der Waals surface area contributed by atoms with Crippen molar-refractivity contribution in [3.05, 3.63) is 36.2 Å². The van der Waals surface area contributed by atoms with Gasteiger partial charge in [0.1, 0.15) is 0 Å². The first-order valence-electron chi connectivity index (χ1n) is 5.04. The molecule has 4 heteroatoms. The van der Waals surface area contributed by atoms with E-state index >= 15 is 0 Å². The molecule has 4 nitrogen and oxygen atoms in total. The summed E-state index contributed by atoms with van der Waals surface area (Å²) in [6.45, 7) is 2.07. The van der Waals surface area contributed by atoms with Gasteiger partial charge in [-0.25, -0.2) is 0 Å². The Hall–Kier alpha value is -2.23. The van der Waals surface area contributed by atoms with Crippen LogP contribution in [0.1, 0.15) is 5.56 Å². The minimum atomic E-state index is 0.354. The summed E-state index contributed by atoms with van der Waals surface area (Å²) in [5.41, 5.74) is 9.89. The summed E-state index contributed by atoms with van der Waals surface area (Å²) in [6, 6.07) is 6.12. The van der Waals surface area contributed by atoms with Crippen LogP contribution in [0.25, 0.3) is 22.0 Å². The number of hydrogen-bond acceptors (Lipinski definition) is 3. The first-order chi connectivity index (χ1) is 7.75. The van der Waals surface area contributed by atoms with Crippen molar-refractivity contribution in [3.63, 3.8) is 0 Å². The molecule has 16 heavy (non-hydrogen) atoms. The standard InChI is InChI=1S/C12H11N3O/c1-7-5-14-11-3-2-8(4-9(7)11)10-6-15-16-12(10)13/h2-6,14H,13H2,1H3. The van der Waals surface area contributed by atoms with Crippen LogP contribution in [0.4, 0.5) is 5.88 Å². The number of fused-ring (bicyclic) bond motifs is 1. The Morgan fingerprint density at radius 2 is 2.25 bits per heavy atom. The minimum Gasteiger partial charge on any atom is -0.367 e. The van der Waals surface area contributed by atoms with E-state index in [1.54, 1.807) is 6.20 Å². The van der Waals surface area contributed by atoms with Crippen LogP contribution in [0.15, 0.2) is 35.1 Å². The number of aromatic amines is 1. The number of H-pyrrole nitrogens is 1. The Morgan fingerprint density at radius 1 is 1.38 bits per heavy atom. The molecule has 0 aliphatic carbocycles. The van der Waals surface area contributed by atoms with Gasteiger partial charge in [0.2, 0.25) is 5.88 Å². The van der Waals surface area contributed by atoms with Crippen molar-refractivity contribution in [1.82, 2.24) is 10.1 Å². The van der Waals surface area contributed by atoms with E-state index in [1.165, 1.54) is 10.9 Å². The highest BCUT2D eigenvalue weighted by Crippen LogP contribution is 2.29. The van der Waals surface area contributed by atoms with Crippen molar-refractivity contribution in [2.24, 2.45) is 0 Å². The van der Waals surface area contributed by atoms with Crippen LogP contribution < -0.4 is 5.73 Å². The number of aryl methyl sites for hydroxylation is 1. The van der Waals surface area contributed by atoms with Crippen molar-refractivity contribution >= 4 is 16.8 Å². The molecule has 0 bridgehead atoms. The lowest BCUT2D eigenvalue weighted by Gasteiger charge is -1.99. The molecule has 80 valence electrons. The molecule has 3 aromatic rings. The van der Waals surface area contributed by atoms with Crippen molar-refractivity contribution in [3.8, 4) is 11.1 Å². The summed E-state index contributed by atoms with van der Waals surface area (Å²) in [7, 11) is 0. The fraction of sp³-hybridized carbons (Fsp3) is 0.0833. The monoisotopic (exact) mass is 213 g/mol. The van der Waals surface area contributed by atoms with Crippen molar-refractivity contribution in [2.75, 3.05) is 5.73 Å². The second kappa shape index (κ2) is 3.13. The lowest BCUT2D eigenvalue weighted by molar-refractivity contribution is 0.436. The van der Waals surface area contributed by atoms with Gasteiger partial charge >= 0.3 is 0 Å². The molecule has 1 aromatic carbocycles. The predicted octanol–water partition coefficient (Wildman–Crippen LogP) is 2.71. The van der Waals surface area contributed by atoms with Gasteiger partial charge in [-0.15, -0.1) is 0 Å². The van der Waals surface area contributed by atoms with E-state index in [4.69, 9.17) is 10.3 Å². The van der Waals surface area contributed by atoms with E-state index < -0.39 is 0 Å². The average Bonchev–Trinajstić information content (AvgIpc) is 2.86. The normalized spacial score (nSPS) is 11.1. The summed E-state index contributed by atoms with van der Waals surface area (Å²) < 4.78 is 4.86. The molecule has 0 spiro atoms. The summed E-state index contributed by atoms with van der Waals surface area (Å²) >= 11 is 0. The topological polar surface area (TPSA) is 67.8 Å². The number of nitrogens with one attached hydrogen (secondary N) is 1. The van der Waals surface area contributed by atoms with Gasteiger partial charge in [-0.1, -0.05) is 11.2 Å². The van der Waals surface area contributed by atoms with Gasteiger partial charge in [-0.3, -0.25) is 0 Å². The first-order valence-corrected chi connectivity index (χ1v) is 5.04. The maximum absolute atomic E-state index is 5.69. The second-order valence-electron chi connectivity index (χ2n) is 3.84. The molecular weight excluding hydrogens is 202 g/mol. The highest BCUT2D eigenvalue weighted by molar-refractivity contribution is 5.89. The Bertz CT molecular complexity index is 651. The molecule has 0 unspecified atom stereocenters. The number of hydrogen-bond donors (Lipinski definition) is 2. The van der Waals surface area contributed by atoms with E-state index in [-0.39, 0.29) is 0 Å². The van der Waals surface area contributed by atoms with Crippen LogP contribution in [0, 0.1) is 6.92 Å². The van der Waals surface area contributed by atoms with Gasteiger partial charge in [0.15, 0.2) is 0 Å². The quantitative estimate of drug-likeness (QED) is 0.653. The molecule has 0 aliphatic rings. The zero-order valence-corrected chi connectivity index (χ0v) is 8.82. The van der Waals surface area contributed by atoms with Crippen molar-refractivity contribution < 1.29 is 4.52 Å². The van der Waals surface area contributed by atoms with Crippen LogP contribution in [0.2, 0.25) is 0 Å². The number of nitrogen functional groups attached to an aromatic ring is 1. The van der Waals surface area contributed by atoms with Gasteiger partial charge in [-0.05, 0) is 30.2 Å². The van der Waals surface area contributed by atoms with E-state index in [9.17, 15) is 0 Å². The molecule has 3 N–H and O–H groups in total. The molecule has 2 heterocycles. The number of benzene rings is 1. The lowest BCUT2D eigenvalue weighted by atomic mass is 10.1. The van der Waals surface area contributed by atoms with E-state index in [2.05, 4.69) is 23.1 Å². The van der Waals surface area contributed by atoms with Gasteiger partial charge < -0.3 is 15.2 Å². The Morgan fingerprint density at radius 3 is 3.00 bits per heavy atom. The molecule has 0 atom stereocenters. The minimum absolute atomic E-state index is 0.354. The van der Waals surface area contributed by atoms with Crippen LogP contribution >= 0.6 is 0 Å². The van der Waals surface area contributed by atoms with Gasteiger partial charge in [-0.2, -0.15) is 0 Å². The number of aromatic nitrogens is 2. The van der Waals surface area contributed by atoms with Crippen LogP contribution in [-0.2, 0) is 0 Å². The fourth-order valence-corrected chi connectivity index (χ4v) is 1.89. The molecule has 3 rings (SSSR count). The fourth-order valence-electron chi connectivity index (χ4n) is 1.89. The van der Waals surface area contributed by atoms with Crippen LogP contribution in [0.3, 0.4) is 0 Å². The zero-order chi connectivity index (χ0) is 11.1. The van der Waals surface area contributed by atoms with Crippen LogP contribution in [-0.4, -0.2) is 10.1 Å². The van der Waals surface area contributed by atoms with Crippen molar-refractivity contribution in [2.45, 2.75) is 6.92 Å². The van der Waals surface area contributed by atoms with E-state index in [0.29, 0.717) is 5.88 Å². The Labute approximate surface area is 92.0 Å². The molecular formula is C12H11N3O. The summed E-state index contributed by atoms with van der Waals surface area (Å²) in [4.78, 5) is 3.20. The van der Waals surface area contributed by atoms with Gasteiger partial charge in [0.05, 0.1) is 11.8 Å². The van der Waals surface area contributed by atoms with Crippen molar-refractivity contribution in [1.29, 1.82) is 0 Å². The van der Waals surface area contributed by atoms with Gasteiger partial charge in [0, 0.05) is 17.1 Å². The maximum Gasteiger partial charge on any atom is 0.229 e. The Balaban J connectivity index is 2.25. The maximum atomic E-state index is 5.69. The third-order valence-electron chi connectivity index (χ3n) is 2.80.